The molecule has 0 aliphatic carbocycles. The first-order valence-electron chi connectivity index (χ1n) is 5.83. The maximum Gasteiger partial charge on any atom is 0.123 e. The van der Waals surface area contributed by atoms with Gasteiger partial charge in [0.05, 0.1) is 6.54 Å². The standard InChI is InChI=1S/C13H16ClN3O/c1-15-10-11-9-12(14)3-4-13(11)18-8-7-17-6-2-5-16-17/h2-6,9,15H,7-8,10H2,1H3. The number of rotatable bonds is 6. The highest BCUT2D eigenvalue weighted by molar-refractivity contribution is 6.30. The average molecular weight is 266 g/mol. The molecule has 0 aliphatic rings. The van der Waals surface area contributed by atoms with Crippen molar-refractivity contribution in [2.45, 2.75) is 13.1 Å². The van der Waals surface area contributed by atoms with Crippen molar-refractivity contribution in [3.05, 3.63) is 47.2 Å². The number of hydrogen-bond acceptors (Lipinski definition) is 3. The van der Waals surface area contributed by atoms with E-state index in [4.69, 9.17) is 16.3 Å². The van der Waals surface area contributed by atoms with Crippen molar-refractivity contribution in [2.24, 2.45) is 0 Å². The Morgan fingerprint density at radius 3 is 3.06 bits per heavy atom. The van der Waals surface area contributed by atoms with Gasteiger partial charge in [0.25, 0.3) is 0 Å². The van der Waals surface area contributed by atoms with E-state index in [1.54, 1.807) is 6.20 Å². The zero-order valence-electron chi connectivity index (χ0n) is 10.3. The molecule has 0 aliphatic heterocycles. The maximum atomic E-state index is 5.97. The predicted molar refractivity (Wildman–Crippen MR) is 71.9 cm³/mol. The van der Waals surface area contributed by atoms with Crippen molar-refractivity contribution >= 4 is 11.6 Å². The average Bonchev–Trinajstić information content (AvgIpc) is 2.85. The van der Waals surface area contributed by atoms with E-state index in [9.17, 15) is 0 Å². The summed E-state index contributed by atoms with van der Waals surface area (Å²) in [5.74, 6) is 0.862. The van der Waals surface area contributed by atoms with Gasteiger partial charge in [-0.3, -0.25) is 4.68 Å². The lowest BCUT2D eigenvalue weighted by Crippen LogP contribution is -2.11. The number of nitrogens with one attached hydrogen (secondary N) is 1. The van der Waals surface area contributed by atoms with Gasteiger partial charge in [-0.05, 0) is 31.3 Å². The van der Waals surface area contributed by atoms with E-state index in [2.05, 4.69) is 10.4 Å². The summed E-state index contributed by atoms with van der Waals surface area (Å²) in [6.45, 7) is 2.05. The van der Waals surface area contributed by atoms with E-state index in [1.807, 2.05) is 42.2 Å². The van der Waals surface area contributed by atoms with Crippen LogP contribution in [0, 0.1) is 0 Å². The van der Waals surface area contributed by atoms with E-state index in [1.165, 1.54) is 0 Å². The van der Waals surface area contributed by atoms with E-state index in [-0.39, 0.29) is 0 Å². The van der Waals surface area contributed by atoms with E-state index >= 15 is 0 Å². The molecule has 1 aromatic carbocycles. The summed E-state index contributed by atoms with van der Waals surface area (Å²) in [6.07, 6.45) is 3.68. The van der Waals surface area contributed by atoms with E-state index in [0.717, 1.165) is 29.4 Å². The number of hydrogen-bond donors (Lipinski definition) is 1. The van der Waals surface area contributed by atoms with Crippen LogP contribution in [0.3, 0.4) is 0 Å². The van der Waals surface area contributed by atoms with Gasteiger partial charge in [-0.2, -0.15) is 5.10 Å². The Bertz CT molecular complexity index is 485. The SMILES string of the molecule is CNCc1cc(Cl)ccc1OCCn1cccn1. The molecule has 1 N–H and O–H groups in total. The molecule has 18 heavy (non-hydrogen) atoms. The fourth-order valence-corrected chi connectivity index (χ4v) is 1.89. The zero-order chi connectivity index (χ0) is 12.8. The van der Waals surface area contributed by atoms with Crippen molar-refractivity contribution in [2.75, 3.05) is 13.7 Å². The highest BCUT2D eigenvalue weighted by Gasteiger charge is 2.04. The molecule has 2 aromatic rings. The normalized spacial score (nSPS) is 10.6. The summed E-state index contributed by atoms with van der Waals surface area (Å²) in [6, 6.07) is 7.55. The molecular weight excluding hydrogens is 250 g/mol. The Balaban J connectivity index is 1.95. The first kappa shape index (κ1) is 12.9. The molecule has 0 saturated carbocycles. The monoisotopic (exact) mass is 265 g/mol. The van der Waals surface area contributed by atoms with Gasteiger partial charge in [-0.1, -0.05) is 11.6 Å². The van der Waals surface area contributed by atoms with Gasteiger partial charge in [0.2, 0.25) is 0 Å². The molecule has 0 unspecified atom stereocenters. The third kappa shape index (κ3) is 3.48. The van der Waals surface area contributed by atoms with Gasteiger partial charge < -0.3 is 10.1 Å². The van der Waals surface area contributed by atoms with Crippen LogP contribution in [0.4, 0.5) is 0 Å². The molecule has 0 bridgehead atoms. The summed E-state index contributed by atoms with van der Waals surface area (Å²) in [5.41, 5.74) is 1.06. The molecule has 0 saturated heterocycles. The fourth-order valence-electron chi connectivity index (χ4n) is 1.70. The topological polar surface area (TPSA) is 39.1 Å². The molecule has 0 amide bonds. The Kier molecular flexibility index (Phi) is 4.61. The second-order valence-corrected chi connectivity index (χ2v) is 4.34. The Hall–Kier alpha value is -1.52. The summed E-state index contributed by atoms with van der Waals surface area (Å²) in [7, 11) is 1.90. The van der Waals surface area contributed by atoms with Crippen LogP contribution in [-0.2, 0) is 13.1 Å². The van der Waals surface area contributed by atoms with Gasteiger partial charge in [0, 0.05) is 29.5 Å². The minimum absolute atomic E-state index is 0.583. The minimum atomic E-state index is 0.583. The molecule has 1 heterocycles. The number of halogens is 1. The lowest BCUT2D eigenvalue weighted by molar-refractivity contribution is 0.288. The lowest BCUT2D eigenvalue weighted by Gasteiger charge is -2.11. The zero-order valence-corrected chi connectivity index (χ0v) is 11.0. The molecule has 2 rings (SSSR count). The molecule has 0 radical (unpaired) electrons. The first-order valence-corrected chi connectivity index (χ1v) is 6.20. The Morgan fingerprint density at radius 1 is 1.44 bits per heavy atom. The molecule has 0 fully saturated rings. The van der Waals surface area contributed by atoms with Gasteiger partial charge in [0.15, 0.2) is 0 Å². The van der Waals surface area contributed by atoms with Crippen molar-refractivity contribution in [3.63, 3.8) is 0 Å². The van der Waals surface area contributed by atoms with Crippen LogP contribution in [-0.4, -0.2) is 23.4 Å². The van der Waals surface area contributed by atoms with E-state index in [0.29, 0.717) is 6.61 Å². The van der Waals surface area contributed by atoms with Gasteiger partial charge in [-0.15, -0.1) is 0 Å². The molecule has 96 valence electrons. The Labute approximate surface area is 112 Å². The van der Waals surface area contributed by atoms with Gasteiger partial charge in [-0.25, -0.2) is 0 Å². The summed E-state index contributed by atoms with van der Waals surface area (Å²) >= 11 is 5.97. The van der Waals surface area contributed by atoms with Crippen molar-refractivity contribution in [1.29, 1.82) is 0 Å². The van der Waals surface area contributed by atoms with Crippen LogP contribution >= 0.6 is 11.6 Å². The minimum Gasteiger partial charge on any atom is -0.491 e. The van der Waals surface area contributed by atoms with Crippen LogP contribution in [0.2, 0.25) is 5.02 Å². The number of nitrogens with zero attached hydrogens (tertiary/aromatic N) is 2. The van der Waals surface area contributed by atoms with Crippen molar-refractivity contribution in [1.82, 2.24) is 15.1 Å². The van der Waals surface area contributed by atoms with Crippen LogP contribution < -0.4 is 10.1 Å². The molecular formula is C13H16ClN3O. The number of benzene rings is 1. The van der Waals surface area contributed by atoms with Gasteiger partial charge >= 0.3 is 0 Å². The molecule has 0 spiro atoms. The maximum absolute atomic E-state index is 5.97. The summed E-state index contributed by atoms with van der Waals surface area (Å²) in [4.78, 5) is 0. The largest absolute Gasteiger partial charge is 0.491 e. The molecule has 1 aromatic heterocycles. The quantitative estimate of drug-likeness (QED) is 0.871. The second-order valence-electron chi connectivity index (χ2n) is 3.90. The smallest absolute Gasteiger partial charge is 0.123 e. The van der Waals surface area contributed by atoms with Crippen LogP contribution in [0.1, 0.15) is 5.56 Å². The number of ether oxygens (including phenoxy) is 1. The fraction of sp³-hybridized carbons (Fsp3) is 0.308. The molecule has 4 nitrogen and oxygen atoms in total. The van der Waals surface area contributed by atoms with Crippen LogP contribution in [0.25, 0.3) is 0 Å². The van der Waals surface area contributed by atoms with E-state index < -0.39 is 0 Å². The molecule has 0 atom stereocenters. The number of aromatic nitrogens is 2. The van der Waals surface area contributed by atoms with Crippen LogP contribution in [0.15, 0.2) is 36.7 Å². The summed E-state index contributed by atoms with van der Waals surface area (Å²) < 4.78 is 7.60. The van der Waals surface area contributed by atoms with Crippen molar-refractivity contribution < 1.29 is 4.74 Å². The highest BCUT2D eigenvalue weighted by atomic mass is 35.5. The lowest BCUT2D eigenvalue weighted by atomic mass is 10.2. The van der Waals surface area contributed by atoms with Crippen LogP contribution in [0.5, 0.6) is 5.75 Å². The Morgan fingerprint density at radius 2 is 2.33 bits per heavy atom. The van der Waals surface area contributed by atoms with Crippen molar-refractivity contribution in [3.8, 4) is 5.75 Å². The third-order valence-electron chi connectivity index (χ3n) is 2.53. The highest BCUT2D eigenvalue weighted by Crippen LogP contribution is 2.22. The predicted octanol–water partition coefficient (Wildman–Crippen LogP) is 2.33. The summed E-state index contributed by atoms with van der Waals surface area (Å²) in [5, 5.41) is 7.94. The first-order chi connectivity index (χ1) is 8.79. The molecule has 5 heteroatoms. The van der Waals surface area contributed by atoms with Gasteiger partial charge in [0.1, 0.15) is 12.4 Å². The second kappa shape index (κ2) is 6.42. The third-order valence-corrected chi connectivity index (χ3v) is 2.76.